The number of aliphatic hydroxyl groups is 1. The van der Waals surface area contributed by atoms with E-state index in [1.807, 2.05) is 6.20 Å². The number of likely N-dealkylation sites (N-methyl/N-ethyl adjacent to an activating group) is 1. The molecule has 0 atom stereocenters. The summed E-state index contributed by atoms with van der Waals surface area (Å²) in [5.41, 5.74) is 2.38. The van der Waals surface area contributed by atoms with Gasteiger partial charge in [0, 0.05) is 25.8 Å². The first kappa shape index (κ1) is 15.9. The van der Waals surface area contributed by atoms with Gasteiger partial charge in [0.2, 0.25) is 0 Å². The molecule has 0 radical (unpaired) electrons. The zero-order valence-corrected chi connectivity index (χ0v) is 12.6. The molecule has 108 valence electrons. The average Bonchev–Trinajstić information content (AvgIpc) is 2.36. The number of aromatic nitrogens is 1. The Morgan fingerprint density at radius 3 is 2.68 bits per heavy atom. The second-order valence-corrected chi connectivity index (χ2v) is 5.31. The van der Waals surface area contributed by atoms with Crippen molar-refractivity contribution in [3.8, 4) is 0 Å². The van der Waals surface area contributed by atoms with Crippen molar-refractivity contribution >= 4 is 5.82 Å². The Bertz CT molecular complexity index is 380. The van der Waals surface area contributed by atoms with E-state index in [2.05, 4.69) is 49.0 Å². The topological polar surface area (TPSA) is 48.4 Å². The van der Waals surface area contributed by atoms with Crippen LogP contribution >= 0.6 is 0 Å². The quantitative estimate of drug-likeness (QED) is 0.754. The Balaban J connectivity index is 2.68. The Morgan fingerprint density at radius 2 is 2.16 bits per heavy atom. The largest absolute Gasteiger partial charge is 0.395 e. The maximum Gasteiger partial charge on any atom is 0.131 e. The highest BCUT2D eigenvalue weighted by molar-refractivity contribution is 5.47. The monoisotopic (exact) mass is 265 g/mol. The predicted octanol–water partition coefficient (Wildman–Crippen LogP) is 1.95. The lowest BCUT2D eigenvalue weighted by atomic mass is 10.1. The number of nitrogens with zero attached hydrogens (tertiary/aromatic N) is 2. The third-order valence-corrected chi connectivity index (χ3v) is 3.04. The lowest BCUT2D eigenvalue weighted by Crippen LogP contribution is -2.28. The number of aryl methyl sites for hydroxylation is 1. The van der Waals surface area contributed by atoms with E-state index >= 15 is 0 Å². The normalized spacial score (nSPS) is 11.1. The summed E-state index contributed by atoms with van der Waals surface area (Å²) in [7, 11) is 0. The van der Waals surface area contributed by atoms with Gasteiger partial charge >= 0.3 is 0 Å². The van der Waals surface area contributed by atoms with Crippen LogP contribution in [-0.2, 0) is 6.54 Å². The van der Waals surface area contributed by atoms with E-state index in [0.717, 1.165) is 25.5 Å². The van der Waals surface area contributed by atoms with E-state index in [1.165, 1.54) is 11.1 Å². The lowest BCUT2D eigenvalue weighted by Gasteiger charge is -2.23. The van der Waals surface area contributed by atoms with Crippen LogP contribution in [-0.4, -0.2) is 36.3 Å². The number of hydrogen-bond acceptors (Lipinski definition) is 4. The molecule has 0 amide bonds. The van der Waals surface area contributed by atoms with Crippen LogP contribution in [0.15, 0.2) is 12.3 Å². The van der Waals surface area contributed by atoms with Crippen molar-refractivity contribution in [1.82, 2.24) is 10.3 Å². The fourth-order valence-corrected chi connectivity index (χ4v) is 2.09. The van der Waals surface area contributed by atoms with Crippen LogP contribution in [0.5, 0.6) is 0 Å². The van der Waals surface area contributed by atoms with E-state index in [4.69, 9.17) is 5.11 Å². The number of aliphatic hydroxyl groups excluding tert-OH is 1. The van der Waals surface area contributed by atoms with Crippen LogP contribution in [0, 0.1) is 12.8 Å². The average molecular weight is 265 g/mol. The lowest BCUT2D eigenvalue weighted by molar-refractivity contribution is 0.302. The zero-order valence-electron chi connectivity index (χ0n) is 12.6. The number of pyridine rings is 1. The molecule has 2 N–H and O–H groups in total. The van der Waals surface area contributed by atoms with Gasteiger partial charge in [-0.1, -0.05) is 13.8 Å². The molecule has 0 saturated heterocycles. The molecule has 0 aromatic carbocycles. The maximum absolute atomic E-state index is 9.06. The molecular formula is C15H27N3O. The Labute approximate surface area is 116 Å². The summed E-state index contributed by atoms with van der Waals surface area (Å²) in [5.74, 6) is 1.64. The molecule has 1 aromatic heterocycles. The van der Waals surface area contributed by atoms with Crippen molar-refractivity contribution in [3.63, 3.8) is 0 Å². The Kier molecular flexibility index (Phi) is 6.81. The minimum Gasteiger partial charge on any atom is -0.395 e. The van der Waals surface area contributed by atoms with Crippen molar-refractivity contribution < 1.29 is 5.11 Å². The van der Waals surface area contributed by atoms with Gasteiger partial charge < -0.3 is 15.3 Å². The molecule has 0 unspecified atom stereocenters. The summed E-state index contributed by atoms with van der Waals surface area (Å²) in [5, 5.41) is 12.5. The fourth-order valence-electron chi connectivity index (χ4n) is 2.09. The molecule has 0 fully saturated rings. The van der Waals surface area contributed by atoms with Gasteiger partial charge in [-0.2, -0.15) is 0 Å². The molecule has 0 aliphatic carbocycles. The molecule has 1 rings (SSSR count). The van der Waals surface area contributed by atoms with E-state index in [1.54, 1.807) is 0 Å². The third-order valence-electron chi connectivity index (χ3n) is 3.04. The molecule has 19 heavy (non-hydrogen) atoms. The molecule has 0 bridgehead atoms. The number of rotatable bonds is 8. The van der Waals surface area contributed by atoms with Gasteiger partial charge in [-0.3, -0.25) is 0 Å². The Morgan fingerprint density at radius 1 is 1.42 bits per heavy atom. The summed E-state index contributed by atoms with van der Waals surface area (Å²) >= 11 is 0. The van der Waals surface area contributed by atoms with Crippen LogP contribution in [0.3, 0.4) is 0 Å². The van der Waals surface area contributed by atoms with E-state index in [0.29, 0.717) is 12.5 Å². The molecule has 0 spiro atoms. The third kappa shape index (κ3) is 5.17. The molecule has 0 saturated carbocycles. The minimum atomic E-state index is 0.159. The van der Waals surface area contributed by atoms with Crippen molar-refractivity contribution in [2.75, 3.05) is 31.1 Å². The van der Waals surface area contributed by atoms with Gasteiger partial charge in [0.1, 0.15) is 5.82 Å². The van der Waals surface area contributed by atoms with Crippen molar-refractivity contribution in [2.45, 2.75) is 34.2 Å². The van der Waals surface area contributed by atoms with Gasteiger partial charge in [-0.25, -0.2) is 4.98 Å². The SMILES string of the molecule is CCN(CCO)c1ncc(CNCC(C)C)cc1C. The first-order valence-electron chi connectivity index (χ1n) is 7.10. The van der Waals surface area contributed by atoms with Crippen LogP contribution in [0.2, 0.25) is 0 Å². The standard InChI is InChI=1S/C15H27N3O/c1-5-18(6-7-19)15-13(4)8-14(11-17-15)10-16-9-12(2)3/h8,11-12,16,19H,5-7,9-10H2,1-4H3. The molecule has 1 aromatic rings. The summed E-state index contributed by atoms with van der Waals surface area (Å²) in [6, 6.07) is 2.18. The van der Waals surface area contributed by atoms with Crippen molar-refractivity contribution in [2.24, 2.45) is 5.92 Å². The smallest absolute Gasteiger partial charge is 0.131 e. The molecule has 1 heterocycles. The van der Waals surface area contributed by atoms with Crippen LogP contribution in [0.1, 0.15) is 31.9 Å². The summed E-state index contributed by atoms with van der Waals surface area (Å²) in [4.78, 5) is 6.64. The second kappa shape index (κ2) is 8.12. The predicted molar refractivity (Wildman–Crippen MR) is 80.5 cm³/mol. The van der Waals surface area contributed by atoms with Crippen LogP contribution in [0.25, 0.3) is 0 Å². The summed E-state index contributed by atoms with van der Waals surface area (Å²) in [6.45, 7) is 12.1. The first-order chi connectivity index (χ1) is 9.08. The summed E-state index contributed by atoms with van der Waals surface area (Å²) in [6.07, 6.45) is 1.93. The highest BCUT2D eigenvalue weighted by Gasteiger charge is 2.09. The number of nitrogens with one attached hydrogen (secondary N) is 1. The van der Waals surface area contributed by atoms with Gasteiger partial charge in [0.25, 0.3) is 0 Å². The van der Waals surface area contributed by atoms with Gasteiger partial charge in [0.05, 0.1) is 6.61 Å². The van der Waals surface area contributed by atoms with E-state index in [-0.39, 0.29) is 6.61 Å². The number of anilines is 1. The van der Waals surface area contributed by atoms with Crippen LogP contribution in [0.4, 0.5) is 5.82 Å². The van der Waals surface area contributed by atoms with Gasteiger partial charge in [-0.05, 0) is 43.5 Å². The van der Waals surface area contributed by atoms with Gasteiger partial charge in [0.15, 0.2) is 0 Å². The van der Waals surface area contributed by atoms with Gasteiger partial charge in [-0.15, -0.1) is 0 Å². The summed E-state index contributed by atoms with van der Waals surface area (Å²) < 4.78 is 0. The first-order valence-corrected chi connectivity index (χ1v) is 7.10. The molecule has 4 nitrogen and oxygen atoms in total. The fraction of sp³-hybridized carbons (Fsp3) is 0.667. The van der Waals surface area contributed by atoms with E-state index < -0.39 is 0 Å². The molecule has 0 aliphatic heterocycles. The van der Waals surface area contributed by atoms with Crippen molar-refractivity contribution in [3.05, 3.63) is 23.4 Å². The molecular weight excluding hydrogens is 238 g/mol. The van der Waals surface area contributed by atoms with Crippen molar-refractivity contribution in [1.29, 1.82) is 0 Å². The highest BCUT2D eigenvalue weighted by atomic mass is 16.3. The highest BCUT2D eigenvalue weighted by Crippen LogP contribution is 2.17. The van der Waals surface area contributed by atoms with E-state index in [9.17, 15) is 0 Å². The second-order valence-electron chi connectivity index (χ2n) is 5.31. The number of hydrogen-bond donors (Lipinski definition) is 2. The maximum atomic E-state index is 9.06. The Hall–Kier alpha value is -1.13. The molecule has 0 aliphatic rings. The van der Waals surface area contributed by atoms with Crippen LogP contribution < -0.4 is 10.2 Å². The zero-order chi connectivity index (χ0) is 14.3. The molecule has 4 heteroatoms. The minimum absolute atomic E-state index is 0.159.